The van der Waals surface area contributed by atoms with Crippen LogP contribution in [0.25, 0.3) is 11.5 Å². The fraction of sp³-hybridized carbons (Fsp3) is 0.526. The van der Waals surface area contributed by atoms with Crippen LogP contribution < -0.4 is 4.74 Å². The van der Waals surface area contributed by atoms with Crippen molar-refractivity contribution in [3.63, 3.8) is 0 Å². The molecule has 0 saturated carbocycles. The van der Waals surface area contributed by atoms with Gasteiger partial charge in [-0.1, -0.05) is 16.8 Å². The smallest absolute Gasteiger partial charge is 0.410 e. The average Bonchev–Trinajstić information content (AvgIpc) is 3.22. The standard InChI is InChI=1S/C19H25N3O4/c1-12-8-9-15(24-5)13(11-12)17-20-16(21-26-17)14-7-6-10-22(14)18(23)25-19(2,3)4/h8-9,11,14H,6-7,10H2,1-5H3. The van der Waals surface area contributed by atoms with Gasteiger partial charge >= 0.3 is 6.09 Å². The molecule has 26 heavy (non-hydrogen) atoms. The Balaban J connectivity index is 1.85. The molecular formula is C19H25N3O4. The molecule has 140 valence electrons. The highest BCUT2D eigenvalue weighted by Gasteiger charge is 2.36. The van der Waals surface area contributed by atoms with E-state index in [0.29, 0.717) is 24.0 Å². The van der Waals surface area contributed by atoms with Crippen molar-refractivity contribution in [2.75, 3.05) is 13.7 Å². The Morgan fingerprint density at radius 1 is 1.35 bits per heavy atom. The van der Waals surface area contributed by atoms with Crippen LogP contribution in [0.5, 0.6) is 5.75 Å². The highest BCUT2D eigenvalue weighted by Crippen LogP contribution is 2.35. The molecule has 1 aromatic carbocycles. The number of rotatable bonds is 3. The first-order valence-electron chi connectivity index (χ1n) is 8.77. The molecule has 3 rings (SSSR count). The molecule has 1 aliphatic heterocycles. The van der Waals surface area contributed by atoms with Crippen molar-refractivity contribution in [2.45, 2.75) is 52.2 Å². The number of aryl methyl sites for hydroxylation is 1. The minimum absolute atomic E-state index is 0.238. The maximum absolute atomic E-state index is 12.5. The van der Waals surface area contributed by atoms with Crippen molar-refractivity contribution in [3.05, 3.63) is 29.6 Å². The fourth-order valence-corrected chi connectivity index (χ4v) is 3.04. The van der Waals surface area contributed by atoms with Gasteiger partial charge in [0.25, 0.3) is 5.89 Å². The van der Waals surface area contributed by atoms with Crippen molar-refractivity contribution in [1.29, 1.82) is 0 Å². The molecule has 0 N–H and O–H groups in total. The van der Waals surface area contributed by atoms with Gasteiger partial charge in [0.15, 0.2) is 5.82 Å². The molecule has 0 spiro atoms. The van der Waals surface area contributed by atoms with Crippen LogP contribution >= 0.6 is 0 Å². The van der Waals surface area contributed by atoms with Gasteiger partial charge in [-0.2, -0.15) is 4.98 Å². The molecule has 1 amide bonds. The van der Waals surface area contributed by atoms with E-state index in [1.54, 1.807) is 12.0 Å². The normalized spacial score (nSPS) is 17.4. The lowest BCUT2D eigenvalue weighted by Crippen LogP contribution is -2.36. The summed E-state index contributed by atoms with van der Waals surface area (Å²) in [6.45, 7) is 8.17. The molecule has 1 fully saturated rings. The van der Waals surface area contributed by atoms with Crippen LogP contribution in [0.4, 0.5) is 4.79 Å². The van der Waals surface area contributed by atoms with Crippen molar-refractivity contribution in [2.24, 2.45) is 0 Å². The predicted octanol–water partition coefficient (Wildman–Crippen LogP) is 4.13. The molecule has 2 aromatic rings. The summed E-state index contributed by atoms with van der Waals surface area (Å²) in [4.78, 5) is 18.7. The number of carbonyl (C=O) groups is 1. The minimum atomic E-state index is -0.540. The van der Waals surface area contributed by atoms with Crippen LogP contribution in [0.2, 0.25) is 0 Å². The molecule has 1 saturated heterocycles. The van der Waals surface area contributed by atoms with Gasteiger partial charge in [-0.15, -0.1) is 0 Å². The van der Waals surface area contributed by atoms with Crippen LogP contribution in [0.3, 0.4) is 0 Å². The van der Waals surface area contributed by atoms with E-state index in [-0.39, 0.29) is 12.1 Å². The maximum atomic E-state index is 12.5. The topological polar surface area (TPSA) is 77.7 Å². The number of aromatic nitrogens is 2. The van der Waals surface area contributed by atoms with Gasteiger partial charge in [0.2, 0.25) is 0 Å². The molecule has 7 nitrogen and oxygen atoms in total. The van der Waals surface area contributed by atoms with Gasteiger partial charge in [0, 0.05) is 6.54 Å². The molecular weight excluding hydrogens is 334 g/mol. The third-order valence-electron chi connectivity index (χ3n) is 4.21. The van der Waals surface area contributed by atoms with E-state index < -0.39 is 5.60 Å². The Hall–Kier alpha value is -2.57. The van der Waals surface area contributed by atoms with Crippen LogP contribution in [0, 0.1) is 6.92 Å². The molecule has 0 radical (unpaired) electrons. The summed E-state index contributed by atoms with van der Waals surface area (Å²) in [7, 11) is 1.60. The zero-order valence-electron chi connectivity index (χ0n) is 15.9. The van der Waals surface area contributed by atoms with E-state index >= 15 is 0 Å². The fourth-order valence-electron chi connectivity index (χ4n) is 3.04. The van der Waals surface area contributed by atoms with Crippen molar-refractivity contribution >= 4 is 6.09 Å². The third kappa shape index (κ3) is 3.81. The Bertz CT molecular complexity index is 794. The Labute approximate surface area is 153 Å². The first kappa shape index (κ1) is 18.2. The van der Waals surface area contributed by atoms with Gasteiger partial charge < -0.3 is 14.0 Å². The van der Waals surface area contributed by atoms with E-state index in [1.807, 2.05) is 45.9 Å². The Kier molecular flexibility index (Phi) is 4.89. The SMILES string of the molecule is COc1ccc(C)cc1-c1nc(C2CCCN2C(=O)OC(C)(C)C)no1. The van der Waals surface area contributed by atoms with Crippen molar-refractivity contribution in [1.82, 2.24) is 15.0 Å². The van der Waals surface area contributed by atoms with E-state index in [1.165, 1.54) is 0 Å². The second-order valence-corrected chi connectivity index (χ2v) is 7.49. The first-order chi connectivity index (χ1) is 12.3. The summed E-state index contributed by atoms with van der Waals surface area (Å²) in [5.41, 5.74) is 1.27. The molecule has 2 heterocycles. The highest BCUT2D eigenvalue weighted by molar-refractivity contribution is 5.69. The van der Waals surface area contributed by atoms with Crippen molar-refractivity contribution in [3.8, 4) is 17.2 Å². The largest absolute Gasteiger partial charge is 0.496 e. The van der Waals surface area contributed by atoms with Gasteiger partial charge in [-0.25, -0.2) is 4.79 Å². The summed E-state index contributed by atoms with van der Waals surface area (Å²) in [6, 6.07) is 5.53. The predicted molar refractivity (Wildman–Crippen MR) is 95.9 cm³/mol. The van der Waals surface area contributed by atoms with Gasteiger partial charge in [-0.3, -0.25) is 4.90 Å². The van der Waals surface area contributed by atoms with E-state index in [0.717, 1.165) is 24.0 Å². The summed E-state index contributed by atoms with van der Waals surface area (Å²) >= 11 is 0. The van der Waals surface area contributed by atoms with Crippen LogP contribution in [-0.4, -0.2) is 40.4 Å². The number of ether oxygens (including phenoxy) is 2. The number of likely N-dealkylation sites (tertiary alicyclic amines) is 1. The van der Waals surface area contributed by atoms with Crippen LogP contribution in [-0.2, 0) is 4.74 Å². The lowest BCUT2D eigenvalue weighted by Gasteiger charge is -2.27. The number of benzene rings is 1. The quantitative estimate of drug-likeness (QED) is 0.820. The first-order valence-corrected chi connectivity index (χ1v) is 8.77. The molecule has 1 aromatic heterocycles. The van der Waals surface area contributed by atoms with Gasteiger partial charge in [0.1, 0.15) is 11.4 Å². The minimum Gasteiger partial charge on any atom is -0.496 e. The number of amides is 1. The Morgan fingerprint density at radius 2 is 2.12 bits per heavy atom. The monoisotopic (exact) mass is 359 g/mol. The van der Waals surface area contributed by atoms with E-state index in [9.17, 15) is 4.79 Å². The van der Waals surface area contributed by atoms with Crippen molar-refractivity contribution < 1.29 is 18.8 Å². The van der Waals surface area contributed by atoms with Gasteiger partial charge in [-0.05, 0) is 52.7 Å². The zero-order chi connectivity index (χ0) is 18.9. The zero-order valence-corrected chi connectivity index (χ0v) is 15.9. The number of carbonyl (C=O) groups excluding carboxylic acids is 1. The second kappa shape index (κ2) is 6.97. The molecule has 0 bridgehead atoms. The Morgan fingerprint density at radius 3 is 2.81 bits per heavy atom. The molecule has 1 unspecified atom stereocenters. The summed E-state index contributed by atoms with van der Waals surface area (Å²) in [5, 5.41) is 4.12. The third-order valence-corrected chi connectivity index (χ3v) is 4.21. The van der Waals surface area contributed by atoms with E-state index in [2.05, 4.69) is 10.1 Å². The molecule has 7 heteroatoms. The average molecular weight is 359 g/mol. The highest BCUT2D eigenvalue weighted by atomic mass is 16.6. The lowest BCUT2D eigenvalue weighted by molar-refractivity contribution is 0.0217. The second-order valence-electron chi connectivity index (χ2n) is 7.49. The van der Waals surface area contributed by atoms with Gasteiger partial charge in [0.05, 0.1) is 18.7 Å². The van der Waals surface area contributed by atoms with Crippen LogP contribution in [0.15, 0.2) is 22.7 Å². The number of nitrogens with zero attached hydrogens (tertiary/aromatic N) is 3. The maximum Gasteiger partial charge on any atom is 0.410 e. The summed E-state index contributed by atoms with van der Waals surface area (Å²) in [5.74, 6) is 1.55. The lowest BCUT2D eigenvalue weighted by atomic mass is 10.1. The summed E-state index contributed by atoms with van der Waals surface area (Å²) < 4.78 is 16.4. The number of hydrogen-bond acceptors (Lipinski definition) is 6. The number of methoxy groups -OCH3 is 1. The summed E-state index contributed by atoms with van der Waals surface area (Å²) in [6.07, 6.45) is 1.31. The van der Waals surface area contributed by atoms with E-state index in [4.69, 9.17) is 14.0 Å². The molecule has 0 aliphatic carbocycles. The van der Waals surface area contributed by atoms with Crippen LogP contribution in [0.1, 0.15) is 51.0 Å². The molecule has 1 atom stereocenters. The number of hydrogen-bond donors (Lipinski definition) is 0. The molecule has 1 aliphatic rings.